The second kappa shape index (κ2) is 17.8. The molecule has 0 saturated carbocycles. The maximum Gasteiger partial charge on any atom is 0.514 e. The minimum atomic E-state index is -0.825. The predicted molar refractivity (Wildman–Crippen MR) is 155 cm³/mol. The SMILES string of the molecule is CCCCCCCCCCOc1ccc(C(=O)Oc2ccc(OC(=O)OC3CCN(C(=O)OCC)CC3)cc2)cc1. The van der Waals surface area contributed by atoms with Crippen LogP contribution in [-0.4, -0.2) is 55.5 Å². The van der Waals surface area contributed by atoms with Crippen molar-refractivity contribution in [1.82, 2.24) is 4.90 Å². The van der Waals surface area contributed by atoms with E-state index in [2.05, 4.69) is 6.92 Å². The number of likely N-dealkylation sites (tertiary alicyclic amines) is 1. The first-order valence-electron chi connectivity index (χ1n) is 14.8. The molecule has 1 heterocycles. The molecular weight excluding hydrogens is 526 g/mol. The minimum Gasteiger partial charge on any atom is -0.494 e. The van der Waals surface area contributed by atoms with Crippen molar-refractivity contribution >= 4 is 18.2 Å². The molecule has 3 rings (SSSR count). The van der Waals surface area contributed by atoms with Crippen molar-refractivity contribution in [2.75, 3.05) is 26.3 Å². The monoisotopic (exact) mass is 569 g/mol. The number of hydrogen-bond acceptors (Lipinski definition) is 8. The first kappa shape index (κ1) is 31.8. The highest BCUT2D eigenvalue weighted by molar-refractivity contribution is 5.91. The number of esters is 1. The molecule has 1 amide bonds. The molecule has 0 aliphatic carbocycles. The van der Waals surface area contributed by atoms with Crippen LogP contribution in [-0.2, 0) is 9.47 Å². The fourth-order valence-electron chi connectivity index (χ4n) is 4.48. The van der Waals surface area contributed by atoms with Crippen LogP contribution in [0.2, 0.25) is 0 Å². The third-order valence-electron chi connectivity index (χ3n) is 6.82. The summed E-state index contributed by atoms with van der Waals surface area (Å²) in [5.74, 6) is 0.804. The van der Waals surface area contributed by atoms with Gasteiger partial charge in [0.2, 0.25) is 0 Å². The zero-order valence-corrected chi connectivity index (χ0v) is 24.3. The van der Waals surface area contributed by atoms with Crippen LogP contribution in [0, 0.1) is 0 Å². The minimum absolute atomic E-state index is 0.261. The van der Waals surface area contributed by atoms with Crippen molar-refractivity contribution in [2.24, 2.45) is 0 Å². The molecule has 0 N–H and O–H groups in total. The maximum atomic E-state index is 12.5. The average molecular weight is 570 g/mol. The summed E-state index contributed by atoms with van der Waals surface area (Å²) in [6.07, 6.45) is 9.48. The summed E-state index contributed by atoms with van der Waals surface area (Å²) in [4.78, 5) is 38.1. The van der Waals surface area contributed by atoms with Crippen molar-refractivity contribution < 1.29 is 38.1 Å². The molecule has 1 aliphatic heterocycles. The second-order valence-electron chi connectivity index (χ2n) is 10.1. The summed E-state index contributed by atoms with van der Waals surface area (Å²) in [5, 5.41) is 0. The van der Waals surface area contributed by atoms with Crippen molar-refractivity contribution in [1.29, 1.82) is 0 Å². The quantitative estimate of drug-likeness (QED) is 0.0937. The molecule has 0 spiro atoms. The molecule has 0 radical (unpaired) electrons. The van der Waals surface area contributed by atoms with Crippen LogP contribution in [0.25, 0.3) is 0 Å². The van der Waals surface area contributed by atoms with Gasteiger partial charge >= 0.3 is 18.2 Å². The Morgan fingerprint density at radius 3 is 1.90 bits per heavy atom. The number of amides is 1. The zero-order valence-electron chi connectivity index (χ0n) is 24.3. The Labute approximate surface area is 243 Å². The van der Waals surface area contributed by atoms with Crippen LogP contribution in [0.5, 0.6) is 17.2 Å². The number of hydrogen-bond donors (Lipinski definition) is 0. The van der Waals surface area contributed by atoms with Gasteiger partial charge in [-0.15, -0.1) is 0 Å². The molecule has 1 aliphatic rings. The highest BCUT2D eigenvalue weighted by Crippen LogP contribution is 2.22. The van der Waals surface area contributed by atoms with E-state index in [1.54, 1.807) is 48.2 Å². The average Bonchev–Trinajstić information content (AvgIpc) is 2.98. The van der Waals surface area contributed by atoms with E-state index < -0.39 is 12.1 Å². The lowest BCUT2D eigenvalue weighted by Gasteiger charge is -2.30. The zero-order chi connectivity index (χ0) is 29.3. The molecule has 41 heavy (non-hydrogen) atoms. The van der Waals surface area contributed by atoms with Gasteiger partial charge in [-0.25, -0.2) is 14.4 Å². The number of carbonyl (C=O) groups is 3. The van der Waals surface area contributed by atoms with Gasteiger partial charge in [0.15, 0.2) is 0 Å². The lowest BCUT2D eigenvalue weighted by molar-refractivity contribution is 0.0225. The summed E-state index contributed by atoms with van der Waals surface area (Å²) < 4.78 is 26.8. The third-order valence-corrected chi connectivity index (χ3v) is 6.82. The fraction of sp³-hybridized carbons (Fsp3) is 0.531. The molecule has 9 nitrogen and oxygen atoms in total. The number of carbonyl (C=O) groups excluding carboxylic acids is 3. The van der Waals surface area contributed by atoms with Gasteiger partial charge in [0, 0.05) is 25.9 Å². The summed E-state index contributed by atoms with van der Waals surface area (Å²) in [7, 11) is 0. The van der Waals surface area contributed by atoms with Crippen LogP contribution < -0.4 is 14.2 Å². The number of unbranched alkanes of at least 4 members (excludes halogenated alkanes) is 7. The molecule has 224 valence electrons. The molecule has 9 heteroatoms. The first-order valence-corrected chi connectivity index (χ1v) is 14.8. The highest BCUT2D eigenvalue weighted by Gasteiger charge is 2.26. The fourth-order valence-corrected chi connectivity index (χ4v) is 4.48. The smallest absolute Gasteiger partial charge is 0.494 e. The molecule has 1 saturated heterocycles. The molecule has 2 aromatic rings. The number of nitrogens with zero attached hydrogens (tertiary/aromatic N) is 1. The van der Waals surface area contributed by atoms with Crippen LogP contribution in [0.15, 0.2) is 48.5 Å². The van der Waals surface area contributed by atoms with Crippen molar-refractivity contribution in [3.63, 3.8) is 0 Å². The molecule has 0 unspecified atom stereocenters. The second-order valence-corrected chi connectivity index (χ2v) is 10.1. The van der Waals surface area contributed by atoms with E-state index in [0.717, 1.165) is 12.2 Å². The highest BCUT2D eigenvalue weighted by atomic mass is 16.7. The third kappa shape index (κ3) is 11.7. The van der Waals surface area contributed by atoms with Gasteiger partial charge in [0.1, 0.15) is 23.4 Å². The largest absolute Gasteiger partial charge is 0.514 e. The van der Waals surface area contributed by atoms with Crippen molar-refractivity contribution in [3.05, 3.63) is 54.1 Å². The van der Waals surface area contributed by atoms with Gasteiger partial charge in [0.05, 0.1) is 18.8 Å². The summed E-state index contributed by atoms with van der Waals surface area (Å²) in [5.41, 5.74) is 0.405. The van der Waals surface area contributed by atoms with E-state index >= 15 is 0 Å². The summed E-state index contributed by atoms with van der Waals surface area (Å²) in [6, 6.07) is 13.0. The van der Waals surface area contributed by atoms with E-state index in [-0.39, 0.29) is 17.9 Å². The summed E-state index contributed by atoms with van der Waals surface area (Å²) >= 11 is 0. The standard InChI is InChI=1S/C32H43NO8/c1-3-5-6-7-8-9-10-11-24-38-26-14-12-25(13-15-26)30(34)39-27-16-18-28(19-17-27)40-32(36)41-29-20-22-33(23-21-29)31(35)37-4-2/h12-19,29H,3-11,20-24H2,1-2H3. The molecule has 0 aromatic heterocycles. The van der Waals surface area contributed by atoms with Gasteiger partial charge in [-0.1, -0.05) is 51.9 Å². The Kier molecular flexibility index (Phi) is 13.8. The Morgan fingerprint density at radius 1 is 0.732 bits per heavy atom. The number of ether oxygens (including phenoxy) is 5. The van der Waals surface area contributed by atoms with Gasteiger partial charge in [-0.3, -0.25) is 0 Å². The Bertz CT molecular complexity index is 1060. The van der Waals surface area contributed by atoms with E-state index in [4.69, 9.17) is 23.7 Å². The molecule has 0 bridgehead atoms. The topological polar surface area (TPSA) is 101 Å². The van der Waals surface area contributed by atoms with Crippen LogP contribution >= 0.6 is 0 Å². The molecular formula is C32H43NO8. The normalized spacial score (nSPS) is 13.4. The number of piperidine rings is 1. The first-order chi connectivity index (χ1) is 20.0. The number of rotatable bonds is 15. The lowest BCUT2D eigenvalue weighted by atomic mass is 10.1. The van der Waals surface area contributed by atoms with Gasteiger partial charge in [-0.2, -0.15) is 0 Å². The number of benzene rings is 2. The van der Waals surface area contributed by atoms with Crippen LogP contribution in [0.3, 0.4) is 0 Å². The predicted octanol–water partition coefficient (Wildman–Crippen LogP) is 7.56. The Balaban J connectivity index is 1.33. The van der Waals surface area contributed by atoms with Crippen LogP contribution in [0.1, 0.15) is 88.4 Å². The Morgan fingerprint density at radius 2 is 1.29 bits per heavy atom. The Hall–Kier alpha value is -3.75. The van der Waals surface area contributed by atoms with E-state index in [1.807, 2.05) is 0 Å². The van der Waals surface area contributed by atoms with E-state index in [1.165, 1.54) is 57.1 Å². The van der Waals surface area contributed by atoms with Crippen LogP contribution in [0.4, 0.5) is 9.59 Å². The summed E-state index contributed by atoms with van der Waals surface area (Å²) in [6.45, 7) is 5.87. The molecule has 1 fully saturated rings. The maximum absolute atomic E-state index is 12.5. The van der Waals surface area contributed by atoms with Crippen molar-refractivity contribution in [2.45, 2.75) is 84.2 Å². The van der Waals surface area contributed by atoms with E-state index in [0.29, 0.717) is 50.5 Å². The van der Waals surface area contributed by atoms with Crippen molar-refractivity contribution in [3.8, 4) is 17.2 Å². The van der Waals surface area contributed by atoms with Gasteiger partial charge in [-0.05, 0) is 61.9 Å². The van der Waals surface area contributed by atoms with E-state index in [9.17, 15) is 14.4 Å². The molecule has 2 aromatic carbocycles. The lowest BCUT2D eigenvalue weighted by Crippen LogP contribution is -2.41. The molecule has 0 atom stereocenters. The van der Waals surface area contributed by atoms with Gasteiger partial charge in [0.25, 0.3) is 0 Å². The van der Waals surface area contributed by atoms with Gasteiger partial charge < -0.3 is 28.6 Å².